The van der Waals surface area contributed by atoms with Crippen molar-refractivity contribution in [2.75, 3.05) is 20.7 Å². The number of amides is 1. The molecule has 1 aromatic rings. The van der Waals surface area contributed by atoms with Gasteiger partial charge in [-0.3, -0.25) is 4.79 Å². The van der Waals surface area contributed by atoms with Crippen molar-refractivity contribution in [1.82, 2.24) is 4.90 Å². The molecule has 0 aliphatic rings. The Morgan fingerprint density at radius 3 is 2.56 bits per heavy atom. The lowest BCUT2D eigenvalue weighted by Crippen LogP contribution is -2.35. The minimum atomic E-state index is -0.609. The fourth-order valence-electron chi connectivity index (χ4n) is 1.75. The zero-order valence-corrected chi connectivity index (χ0v) is 11.0. The van der Waals surface area contributed by atoms with Crippen LogP contribution in [0.25, 0.3) is 0 Å². The molecule has 96 valence electrons. The van der Waals surface area contributed by atoms with E-state index in [0.29, 0.717) is 6.54 Å². The predicted molar refractivity (Wildman–Crippen MR) is 68.6 cm³/mol. The molecule has 0 aliphatic heterocycles. The Bertz CT molecular complexity index is 425. The smallest absolute Gasteiger partial charge is 0.256 e. The summed E-state index contributed by atoms with van der Waals surface area (Å²) in [5.74, 6) is -0.321. The van der Waals surface area contributed by atoms with Crippen LogP contribution < -0.4 is 0 Å². The minimum Gasteiger partial charge on any atom is -0.367 e. The summed E-state index contributed by atoms with van der Waals surface area (Å²) in [4.78, 5) is 13.8. The zero-order chi connectivity index (χ0) is 13.5. The highest BCUT2D eigenvalue weighted by Gasteiger charge is 2.24. The standard InChI is InChI=1S/C14H18N2O2/c1-11(9-15)10-16(2)14(17)13(18-3)12-7-5-4-6-8-12/h4-8,11,13H,10H2,1-3H3. The highest BCUT2D eigenvalue weighted by molar-refractivity contribution is 5.82. The van der Waals surface area contributed by atoms with E-state index in [4.69, 9.17) is 10.00 Å². The third-order valence-electron chi connectivity index (χ3n) is 2.71. The first-order valence-corrected chi connectivity index (χ1v) is 5.82. The van der Waals surface area contributed by atoms with Crippen LogP contribution in [0.15, 0.2) is 30.3 Å². The molecule has 2 unspecified atom stereocenters. The van der Waals surface area contributed by atoms with E-state index in [9.17, 15) is 4.79 Å². The molecule has 0 saturated heterocycles. The number of nitriles is 1. The predicted octanol–water partition coefficient (Wildman–Crippen LogP) is 1.99. The summed E-state index contributed by atoms with van der Waals surface area (Å²) >= 11 is 0. The van der Waals surface area contributed by atoms with Gasteiger partial charge in [-0.25, -0.2) is 0 Å². The number of nitrogens with zero attached hydrogens (tertiary/aromatic N) is 2. The summed E-state index contributed by atoms with van der Waals surface area (Å²) in [5, 5.41) is 8.76. The molecule has 0 spiro atoms. The number of likely N-dealkylation sites (N-methyl/N-ethyl adjacent to an activating group) is 1. The Labute approximate surface area is 108 Å². The third-order valence-corrected chi connectivity index (χ3v) is 2.71. The van der Waals surface area contributed by atoms with Crippen molar-refractivity contribution in [1.29, 1.82) is 5.26 Å². The quantitative estimate of drug-likeness (QED) is 0.798. The lowest BCUT2D eigenvalue weighted by Gasteiger charge is -2.23. The molecule has 1 aromatic carbocycles. The summed E-state index contributed by atoms with van der Waals surface area (Å²) in [5.41, 5.74) is 0.821. The van der Waals surface area contributed by atoms with Crippen molar-refractivity contribution in [3.05, 3.63) is 35.9 Å². The molecular weight excluding hydrogens is 228 g/mol. The molecule has 1 amide bonds. The number of benzene rings is 1. The van der Waals surface area contributed by atoms with E-state index in [1.54, 1.807) is 14.0 Å². The summed E-state index contributed by atoms with van der Waals surface area (Å²) in [6.45, 7) is 2.19. The van der Waals surface area contributed by atoms with Crippen LogP contribution in [0.3, 0.4) is 0 Å². The van der Waals surface area contributed by atoms with E-state index >= 15 is 0 Å². The topological polar surface area (TPSA) is 53.3 Å². The Morgan fingerprint density at radius 2 is 2.06 bits per heavy atom. The molecule has 2 atom stereocenters. The van der Waals surface area contributed by atoms with E-state index in [1.807, 2.05) is 30.3 Å². The van der Waals surface area contributed by atoms with Gasteiger partial charge in [0.1, 0.15) is 0 Å². The van der Waals surface area contributed by atoms with Crippen LogP contribution in [-0.2, 0) is 9.53 Å². The summed E-state index contributed by atoms with van der Waals surface area (Å²) in [6.07, 6.45) is -0.609. The van der Waals surface area contributed by atoms with Gasteiger partial charge in [0.05, 0.1) is 12.0 Å². The van der Waals surface area contributed by atoms with Crippen LogP contribution in [0.5, 0.6) is 0 Å². The van der Waals surface area contributed by atoms with Gasteiger partial charge >= 0.3 is 0 Å². The van der Waals surface area contributed by atoms with Crippen molar-refractivity contribution < 1.29 is 9.53 Å². The molecule has 4 nitrogen and oxygen atoms in total. The molecular formula is C14H18N2O2. The maximum atomic E-state index is 12.2. The molecule has 0 aliphatic carbocycles. The Kier molecular flexibility index (Phi) is 5.34. The van der Waals surface area contributed by atoms with Gasteiger partial charge in [-0.2, -0.15) is 5.26 Å². The number of ether oxygens (including phenoxy) is 1. The second-order valence-electron chi connectivity index (χ2n) is 4.28. The van der Waals surface area contributed by atoms with E-state index < -0.39 is 6.10 Å². The highest BCUT2D eigenvalue weighted by atomic mass is 16.5. The van der Waals surface area contributed by atoms with Crippen LogP contribution in [0.1, 0.15) is 18.6 Å². The second-order valence-corrected chi connectivity index (χ2v) is 4.28. The number of carbonyl (C=O) groups is 1. The molecule has 0 aromatic heterocycles. The molecule has 4 heteroatoms. The highest BCUT2D eigenvalue weighted by Crippen LogP contribution is 2.18. The molecule has 0 radical (unpaired) electrons. The van der Waals surface area contributed by atoms with Gasteiger partial charge in [-0.05, 0) is 12.5 Å². The van der Waals surface area contributed by atoms with Crippen molar-refractivity contribution in [3.63, 3.8) is 0 Å². The van der Waals surface area contributed by atoms with Gasteiger partial charge < -0.3 is 9.64 Å². The van der Waals surface area contributed by atoms with Gasteiger partial charge in [-0.15, -0.1) is 0 Å². The molecule has 0 fully saturated rings. The van der Waals surface area contributed by atoms with E-state index in [2.05, 4.69) is 6.07 Å². The SMILES string of the molecule is COC(C(=O)N(C)CC(C)C#N)c1ccccc1. The summed E-state index contributed by atoms with van der Waals surface area (Å²) < 4.78 is 5.26. The van der Waals surface area contributed by atoms with Crippen molar-refractivity contribution >= 4 is 5.91 Å². The van der Waals surface area contributed by atoms with Crippen LogP contribution in [0.4, 0.5) is 0 Å². The maximum Gasteiger partial charge on any atom is 0.256 e. The lowest BCUT2D eigenvalue weighted by molar-refractivity contribution is -0.141. The number of hydrogen-bond donors (Lipinski definition) is 0. The normalized spacial score (nSPS) is 13.4. The van der Waals surface area contributed by atoms with E-state index in [0.717, 1.165) is 5.56 Å². The van der Waals surface area contributed by atoms with Crippen LogP contribution in [-0.4, -0.2) is 31.5 Å². The average molecular weight is 246 g/mol. The van der Waals surface area contributed by atoms with Crippen molar-refractivity contribution in [3.8, 4) is 6.07 Å². The number of rotatable bonds is 5. The van der Waals surface area contributed by atoms with Crippen molar-refractivity contribution in [2.24, 2.45) is 5.92 Å². The van der Waals surface area contributed by atoms with E-state index in [1.165, 1.54) is 12.0 Å². The van der Waals surface area contributed by atoms with Crippen LogP contribution >= 0.6 is 0 Å². The first-order chi connectivity index (χ1) is 8.60. The molecule has 18 heavy (non-hydrogen) atoms. The zero-order valence-electron chi connectivity index (χ0n) is 11.0. The number of carbonyl (C=O) groups excluding carboxylic acids is 1. The average Bonchev–Trinajstić information content (AvgIpc) is 2.40. The lowest BCUT2D eigenvalue weighted by atomic mass is 10.1. The largest absolute Gasteiger partial charge is 0.367 e. The summed E-state index contributed by atoms with van der Waals surface area (Å²) in [6, 6.07) is 11.4. The fraction of sp³-hybridized carbons (Fsp3) is 0.429. The molecule has 1 rings (SSSR count). The fourth-order valence-corrected chi connectivity index (χ4v) is 1.75. The Morgan fingerprint density at radius 1 is 1.44 bits per heavy atom. The second kappa shape index (κ2) is 6.77. The molecule has 0 N–H and O–H groups in total. The number of methoxy groups -OCH3 is 1. The number of hydrogen-bond acceptors (Lipinski definition) is 3. The minimum absolute atomic E-state index is 0.134. The van der Waals surface area contributed by atoms with Gasteiger partial charge in [0.2, 0.25) is 0 Å². The monoisotopic (exact) mass is 246 g/mol. The van der Waals surface area contributed by atoms with Crippen LogP contribution in [0, 0.1) is 17.2 Å². The van der Waals surface area contributed by atoms with Gasteiger partial charge in [0, 0.05) is 20.7 Å². The van der Waals surface area contributed by atoms with Gasteiger partial charge in [0.15, 0.2) is 6.10 Å². The van der Waals surface area contributed by atoms with Crippen molar-refractivity contribution in [2.45, 2.75) is 13.0 Å². The Hall–Kier alpha value is -1.86. The first-order valence-electron chi connectivity index (χ1n) is 5.82. The van der Waals surface area contributed by atoms with E-state index in [-0.39, 0.29) is 11.8 Å². The van der Waals surface area contributed by atoms with Crippen LogP contribution in [0.2, 0.25) is 0 Å². The molecule has 0 heterocycles. The molecule has 0 saturated carbocycles. The van der Waals surface area contributed by atoms with Gasteiger partial charge in [0.25, 0.3) is 5.91 Å². The Balaban J connectivity index is 2.78. The molecule has 0 bridgehead atoms. The third kappa shape index (κ3) is 3.57. The maximum absolute atomic E-state index is 12.2. The first kappa shape index (κ1) is 14.2. The summed E-state index contributed by atoms with van der Waals surface area (Å²) in [7, 11) is 3.20. The van der Waals surface area contributed by atoms with Gasteiger partial charge in [-0.1, -0.05) is 30.3 Å².